The fourth-order valence-corrected chi connectivity index (χ4v) is 16.0. The summed E-state index contributed by atoms with van der Waals surface area (Å²) in [6, 6.07) is 10.6. The highest BCUT2D eigenvalue weighted by atomic mass is 32.2. The van der Waals surface area contributed by atoms with E-state index in [-0.39, 0.29) is 96.8 Å². The molecule has 1 aliphatic heterocycles. The van der Waals surface area contributed by atoms with Crippen molar-refractivity contribution in [2.24, 2.45) is 59.0 Å². The minimum atomic E-state index is -1.99. The number of hydrogen-bond donors (Lipinski definition) is 17. The maximum atomic E-state index is 14.8. The average molecular weight is 1860 g/mol. The first-order valence-corrected chi connectivity index (χ1v) is 45.7. The van der Waals surface area contributed by atoms with E-state index >= 15 is 0 Å². The van der Waals surface area contributed by atoms with Crippen LogP contribution in [0.4, 0.5) is 0 Å². The van der Waals surface area contributed by atoms with Gasteiger partial charge in [0.1, 0.15) is 29.1 Å². The Morgan fingerprint density at radius 1 is 0.458 bits per heavy atom. The SMILES string of the molecule is CC[C@H](C)[C@H](NC(=O)[C@H](CO)CC(=O)[C@H](Cc1ccc(O)cc1)NC(=O)[C@H](CC(=O)O)CC(=O)[C@H](CO)NC(=O)[C@@H](CC(=O)[C@H](Cc1ccccc1)NC(=O)[C@@H](CC(=O)CNC(=O)[C@H](CCC(=O)O)CC(=O)CSCC(=O)CCCN1C(=O)CC[C@H]1C)[C@@H](C)O)[C@@H](C)O)C(=O)C[C@@H](Cc1ccc(O)cc1)C(=O)N[C@@H](CC(C)C)C(=O)C[C@@H](CC(=O)O)C(=O)N[C@H](C)CCCCN. The molecule has 0 radical (unpaired) electrons. The van der Waals surface area contributed by atoms with Crippen molar-refractivity contribution >= 4 is 123 Å². The summed E-state index contributed by atoms with van der Waals surface area (Å²) in [4.78, 5) is 261. The Balaban J connectivity index is 1.53. The van der Waals surface area contributed by atoms with Gasteiger partial charge in [-0.1, -0.05) is 95.1 Å². The van der Waals surface area contributed by atoms with E-state index in [1.165, 1.54) is 48.5 Å². The number of phenolic OH excluding ortho intramolecular Hbond substituents is 2. The third-order valence-electron chi connectivity index (χ3n) is 23.2. The van der Waals surface area contributed by atoms with Gasteiger partial charge in [0.2, 0.25) is 47.3 Å². The summed E-state index contributed by atoms with van der Waals surface area (Å²) >= 11 is 1.01. The van der Waals surface area contributed by atoms with Gasteiger partial charge in [-0.25, -0.2) is 0 Å². The zero-order valence-corrected chi connectivity index (χ0v) is 76.6. The number of benzene rings is 3. The molecule has 0 spiro atoms. The normalized spacial score (nSPS) is 16.2. The van der Waals surface area contributed by atoms with E-state index in [1.54, 1.807) is 69.9 Å². The number of aliphatic hydroxyl groups excluding tert-OH is 4. The van der Waals surface area contributed by atoms with Crippen molar-refractivity contribution in [1.82, 2.24) is 42.1 Å². The van der Waals surface area contributed by atoms with Crippen LogP contribution in [-0.4, -0.2) is 261 Å². The number of thioether (sulfide) groups is 1. The fraction of sp³-hybridized carbons (Fsp3) is 0.602. The number of nitrogens with one attached hydrogen (secondary N) is 7. The molecule has 3 aromatic carbocycles. The van der Waals surface area contributed by atoms with Crippen molar-refractivity contribution in [3.63, 3.8) is 0 Å². The second kappa shape index (κ2) is 58.0. The minimum absolute atomic E-state index is 0.0231. The maximum Gasteiger partial charge on any atom is 0.304 e. The van der Waals surface area contributed by atoms with Gasteiger partial charge in [0, 0.05) is 94.7 Å². The van der Waals surface area contributed by atoms with Gasteiger partial charge in [-0.2, -0.15) is 0 Å². The summed E-state index contributed by atoms with van der Waals surface area (Å²) in [5, 5.41) is 111. The van der Waals surface area contributed by atoms with Crippen LogP contribution in [0.5, 0.6) is 11.5 Å². The van der Waals surface area contributed by atoms with Crippen molar-refractivity contribution < 1.29 is 137 Å². The Morgan fingerprint density at radius 2 is 0.931 bits per heavy atom. The molecule has 17 atom stereocenters. The number of carboxylic acid groups (broad SMARTS) is 3. The van der Waals surface area contributed by atoms with Gasteiger partial charge in [0.05, 0.1) is 110 Å². The summed E-state index contributed by atoms with van der Waals surface area (Å²) in [7, 11) is 0. The molecular weight excluding hydrogens is 1720 g/mol. The molecule has 18 N–H and O–H groups in total. The lowest BCUT2D eigenvalue weighted by molar-refractivity contribution is -0.143. The van der Waals surface area contributed by atoms with E-state index in [1.807, 2.05) is 6.92 Å². The molecule has 1 heterocycles. The molecular formula is C93H133N9O28S. The predicted molar refractivity (Wildman–Crippen MR) is 479 cm³/mol. The Bertz CT molecular complexity index is 4360. The largest absolute Gasteiger partial charge is 0.508 e. The first-order chi connectivity index (χ1) is 61.9. The molecule has 1 aliphatic rings. The summed E-state index contributed by atoms with van der Waals surface area (Å²) in [5.41, 5.74) is 6.78. The highest BCUT2D eigenvalue weighted by molar-refractivity contribution is 8.00. The van der Waals surface area contributed by atoms with Crippen LogP contribution in [-0.2, 0) is 110 Å². The molecule has 38 heteroatoms. The predicted octanol–water partition coefficient (Wildman–Crippen LogP) is 3.07. The van der Waals surface area contributed by atoms with E-state index < -0.39 is 280 Å². The number of Topliss-reactive ketones (excluding diaryl/α,β-unsaturated/α-hetero) is 8. The van der Waals surface area contributed by atoms with Crippen molar-refractivity contribution in [1.29, 1.82) is 0 Å². The van der Waals surface area contributed by atoms with Crippen LogP contribution in [0.1, 0.15) is 200 Å². The topological polar surface area (TPSA) is 620 Å². The lowest BCUT2D eigenvalue weighted by atomic mass is 9.85. The monoisotopic (exact) mass is 1860 g/mol. The number of aliphatic carboxylic acids is 3. The van der Waals surface area contributed by atoms with Crippen LogP contribution in [0, 0.1) is 53.3 Å². The molecule has 1 saturated heterocycles. The van der Waals surface area contributed by atoms with Gasteiger partial charge >= 0.3 is 17.9 Å². The highest BCUT2D eigenvalue weighted by Crippen LogP contribution is 2.27. The number of rotatable bonds is 67. The Hall–Kier alpha value is -11.1. The van der Waals surface area contributed by atoms with Crippen LogP contribution in [0.15, 0.2) is 78.9 Å². The summed E-state index contributed by atoms with van der Waals surface area (Å²) in [6.45, 7) is 10.5. The number of hydrogen-bond acceptors (Lipinski definition) is 27. The molecule has 0 unspecified atom stereocenters. The summed E-state index contributed by atoms with van der Waals surface area (Å²) in [6.07, 6.45) is -8.26. The van der Waals surface area contributed by atoms with Gasteiger partial charge in [-0.05, 0) is 145 Å². The summed E-state index contributed by atoms with van der Waals surface area (Å²) in [5.74, 6) is -29.7. The molecule has 0 aliphatic carbocycles. The quantitative estimate of drug-likeness (QED) is 0.0361. The number of nitrogens with two attached hydrogens (primary N) is 1. The van der Waals surface area contributed by atoms with Gasteiger partial charge in [-0.3, -0.25) is 91.1 Å². The van der Waals surface area contributed by atoms with Crippen molar-refractivity contribution in [3.8, 4) is 11.5 Å². The van der Waals surface area contributed by atoms with E-state index in [2.05, 4.69) is 37.2 Å². The number of ketones is 8. The minimum Gasteiger partial charge on any atom is -0.508 e. The molecule has 4 rings (SSSR count). The van der Waals surface area contributed by atoms with Crippen molar-refractivity contribution in [3.05, 3.63) is 95.6 Å². The lowest BCUT2D eigenvalue weighted by Gasteiger charge is -2.28. The molecule has 724 valence electrons. The molecule has 8 amide bonds. The molecule has 0 bridgehead atoms. The number of nitrogens with zero attached hydrogens (tertiary/aromatic N) is 1. The Kier molecular flexibility index (Phi) is 49.7. The maximum absolute atomic E-state index is 14.8. The standard InChI is InChI=1S/C93H133N9O28S/c1-9-53(4)86(81(116)41-62(35-59-21-26-66(107)27-22-59)89(126)97-73(34-52(2)3)77(112)39-63(43-84(120)121)88(125)96-54(5)16-13-14-32-94)101-91(128)65(48-103)42-78(113)74(37-60-23-28-67(108)29-24-60)98-90(127)64(44-85(122)123)40-79(114)76(49-104)100-93(130)72(57(8)106)46-80(115)75(36-58-17-11-10-12-18-58)99-92(129)71(56(7)105)45-69(110)47-95-87(124)61(25-31-83(118)119)38-70(111)51-131-50-68(109)19-15-33-102-55(6)20-30-82(102)117/h10-12,17-18,21-24,26-29,52-57,61-65,71-76,86,103-108H,9,13-16,19-20,25,30-51,94H2,1-8H3,(H,95,124)(H,96,125)(H,97,126)(H,98,127)(H,99,129)(H,100,130)(H,101,128)(H,118,119)(H,120,121)(H,122,123)/t53-,54+,55+,56+,57+,61+,62+,63-,64-,65-,71-,72-,73-,74-,75-,76-,86-/m0/s1. The van der Waals surface area contributed by atoms with Gasteiger partial charge in [0.15, 0.2) is 34.7 Å². The summed E-state index contributed by atoms with van der Waals surface area (Å²) < 4.78 is 0. The van der Waals surface area contributed by atoms with E-state index in [9.17, 15) is 137 Å². The van der Waals surface area contributed by atoms with Crippen LogP contribution >= 0.6 is 11.8 Å². The molecule has 37 nitrogen and oxygen atoms in total. The van der Waals surface area contributed by atoms with Crippen LogP contribution in [0.3, 0.4) is 0 Å². The van der Waals surface area contributed by atoms with E-state index in [0.717, 1.165) is 32.0 Å². The first kappa shape index (κ1) is 112. The number of carboxylic acids is 3. The first-order valence-electron chi connectivity index (χ1n) is 44.6. The highest BCUT2D eigenvalue weighted by Gasteiger charge is 2.41. The molecule has 0 aromatic heterocycles. The van der Waals surface area contributed by atoms with Crippen LogP contribution in [0.2, 0.25) is 0 Å². The third kappa shape index (κ3) is 41.1. The fourth-order valence-electron chi connectivity index (χ4n) is 15.2. The van der Waals surface area contributed by atoms with Crippen LogP contribution in [0.25, 0.3) is 0 Å². The van der Waals surface area contributed by atoms with Crippen molar-refractivity contribution in [2.45, 2.75) is 258 Å². The molecule has 131 heavy (non-hydrogen) atoms. The second-order valence-electron chi connectivity index (χ2n) is 34.7. The average Bonchev–Trinajstić information content (AvgIpc) is 1.01. The van der Waals surface area contributed by atoms with E-state index in [4.69, 9.17) is 5.73 Å². The van der Waals surface area contributed by atoms with E-state index in [0.29, 0.717) is 56.3 Å². The van der Waals surface area contributed by atoms with Crippen molar-refractivity contribution in [2.75, 3.05) is 44.4 Å². The Morgan fingerprint density at radius 3 is 1.44 bits per heavy atom. The number of aliphatic hydroxyl groups is 4. The zero-order chi connectivity index (χ0) is 97.9. The van der Waals surface area contributed by atoms with Gasteiger partial charge in [-0.15, -0.1) is 11.8 Å². The smallest absolute Gasteiger partial charge is 0.304 e. The number of unbranched alkanes of at least 4 members (excludes halogenated alkanes) is 1. The van der Waals surface area contributed by atoms with Gasteiger partial charge in [0.25, 0.3) is 0 Å². The number of carbonyl (C=O) groups is 19. The number of carbonyl (C=O) groups excluding carboxylic acids is 16. The number of likely N-dealkylation sites (tertiary alicyclic amines) is 1. The number of phenols is 2. The molecule has 1 fully saturated rings. The Labute approximate surface area is 766 Å². The lowest BCUT2D eigenvalue weighted by Crippen LogP contribution is -2.52. The molecule has 0 saturated carbocycles. The number of amides is 8. The number of aromatic hydroxyl groups is 2. The second-order valence-corrected chi connectivity index (χ2v) is 35.7. The van der Waals surface area contributed by atoms with Crippen LogP contribution < -0.4 is 43.0 Å². The zero-order valence-electron chi connectivity index (χ0n) is 75.8. The third-order valence-corrected chi connectivity index (χ3v) is 24.2. The van der Waals surface area contributed by atoms with Gasteiger partial charge < -0.3 is 93.8 Å². The molecule has 3 aromatic rings.